The van der Waals surface area contributed by atoms with Gasteiger partial charge in [-0.05, 0) is 27.8 Å². The first kappa shape index (κ1) is 14.7. The van der Waals surface area contributed by atoms with Crippen LogP contribution in [0.15, 0.2) is 12.4 Å². The van der Waals surface area contributed by atoms with E-state index in [0.29, 0.717) is 13.0 Å². The molecular formula is C13H23N3O2. The van der Waals surface area contributed by atoms with Crippen LogP contribution < -0.4 is 0 Å². The Morgan fingerprint density at radius 2 is 2.17 bits per heavy atom. The van der Waals surface area contributed by atoms with Gasteiger partial charge in [0.25, 0.3) is 0 Å². The molecule has 0 aromatic carbocycles. The Labute approximate surface area is 109 Å². The smallest absolute Gasteiger partial charge is 0.307 e. The molecule has 0 fully saturated rings. The van der Waals surface area contributed by atoms with Crippen molar-refractivity contribution >= 4 is 5.97 Å². The second-order valence-electron chi connectivity index (χ2n) is 5.60. The molecule has 0 atom stereocenters. The predicted molar refractivity (Wildman–Crippen MR) is 70.0 cm³/mol. The number of aryl methyl sites for hydroxylation is 1. The average Bonchev–Trinajstić information content (AvgIpc) is 2.58. The van der Waals surface area contributed by atoms with Gasteiger partial charge < -0.3 is 9.64 Å². The third-order valence-electron chi connectivity index (χ3n) is 2.33. The van der Waals surface area contributed by atoms with Crippen molar-refractivity contribution in [2.24, 2.45) is 7.05 Å². The number of esters is 1. The van der Waals surface area contributed by atoms with Gasteiger partial charge in [-0.15, -0.1) is 0 Å². The summed E-state index contributed by atoms with van der Waals surface area (Å²) in [5.41, 5.74) is 0.739. The van der Waals surface area contributed by atoms with Crippen molar-refractivity contribution < 1.29 is 9.53 Å². The van der Waals surface area contributed by atoms with Crippen LogP contribution in [0.2, 0.25) is 0 Å². The third-order valence-corrected chi connectivity index (χ3v) is 2.33. The number of carbonyl (C=O) groups is 1. The number of hydrogen-bond donors (Lipinski definition) is 0. The van der Waals surface area contributed by atoms with E-state index in [2.05, 4.69) is 10.00 Å². The van der Waals surface area contributed by atoms with Gasteiger partial charge in [0.1, 0.15) is 5.60 Å². The maximum Gasteiger partial charge on any atom is 0.307 e. The van der Waals surface area contributed by atoms with Crippen LogP contribution in [0.4, 0.5) is 0 Å². The minimum absolute atomic E-state index is 0.152. The molecule has 1 rings (SSSR count). The molecule has 1 aromatic heterocycles. The van der Waals surface area contributed by atoms with Gasteiger partial charge in [0.15, 0.2) is 0 Å². The van der Waals surface area contributed by atoms with E-state index in [0.717, 1.165) is 12.1 Å². The third kappa shape index (κ3) is 5.82. The second kappa shape index (κ2) is 6.00. The van der Waals surface area contributed by atoms with E-state index in [1.165, 1.54) is 0 Å². The molecule has 18 heavy (non-hydrogen) atoms. The Bertz CT molecular complexity index is 393. The molecule has 1 heterocycles. The maximum atomic E-state index is 11.6. The van der Waals surface area contributed by atoms with Crippen molar-refractivity contribution in [3.05, 3.63) is 18.0 Å². The summed E-state index contributed by atoms with van der Waals surface area (Å²) < 4.78 is 7.04. The molecule has 0 spiro atoms. The Balaban J connectivity index is 2.29. The van der Waals surface area contributed by atoms with Crippen molar-refractivity contribution in [1.29, 1.82) is 0 Å². The summed E-state index contributed by atoms with van der Waals surface area (Å²) in [6, 6.07) is 0. The van der Waals surface area contributed by atoms with Crippen LogP contribution in [0.1, 0.15) is 32.8 Å². The first-order chi connectivity index (χ1) is 8.26. The molecule has 1 aromatic rings. The summed E-state index contributed by atoms with van der Waals surface area (Å²) >= 11 is 0. The highest BCUT2D eigenvalue weighted by molar-refractivity contribution is 5.70. The van der Waals surface area contributed by atoms with E-state index < -0.39 is 5.60 Å². The lowest BCUT2D eigenvalue weighted by Gasteiger charge is -2.21. The van der Waals surface area contributed by atoms with Gasteiger partial charge in [-0.1, -0.05) is 0 Å². The van der Waals surface area contributed by atoms with Gasteiger partial charge in [-0.25, -0.2) is 0 Å². The number of hydrogen-bond acceptors (Lipinski definition) is 4. The van der Waals surface area contributed by atoms with Gasteiger partial charge in [0, 0.05) is 31.9 Å². The Morgan fingerprint density at radius 3 is 2.67 bits per heavy atom. The molecule has 0 aliphatic carbocycles. The monoisotopic (exact) mass is 253 g/mol. The predicted octanol–water partition coefficient (Wildman–Crippen LogP) is 1.58. The van der Waals surface area contributed by atoms with Crippen LogP contribution in [-0.2, 0) is 23.1 Å². The van der Waals surface area contributed by atoms with Crippen LogP contribution in [-0.4, -0.2) is 39.8 Å². The van der Waals surface area contributed by atoms with Crippen molar-refractivity contribution in [3.8, 4) is 0 Å². The molecule has 5 nitrogen and oxygen atoms in total. The van der Waals surface area contributed by atoms with Gasteiger partial charge in [0.05, 0.1) is 12.6 Å². The lowest BCUT2D eigenvalue weighted by Crippen LogP contribution is -2.27. The van der Waals surface area contributed by atoms with E-state index in [4.69, 9.17) is 4.74 Å². The van der Waals surface area contributed by atoms with Gasteiger partial charge >= 0.3 is 5.97 Å². The highest BCUT2D eigenvalue weighted by Gasteiger charge is 2.16. The zero-order chi connectivity index (χ0) is 13.8. The Morgan fingerprint density at radius 1 is 1.50 bits per heavy atom. The van der Waals surface area contributed by atoms with E-state index in [1.54, 1.807) is 4.68 Å². The lowest BCUT2D eigenvalue weighted by molar-refractivity contribution is -0.155. The van der Waals surface area contributed by atoms with Crippen LogP contribution in [0.3, 0.4) is 0 Å². The summed E-state index contributed by atoms with van der Waals surface area (Å²) in [5.74, 6) is -0.152. The van der Waals surface area contributed by atoms with Gasteiger partial charge in [0.2, 0.25) is 0 Å². The van der Waals surface area contributed by atoms with Crippen LogP contribution in [0, 0.1) is 0 Å². The minimum Gasteiger partial charge on any atom is -0.460 e. The first-order valence-electron chi connectivity index (χ1n) is 6.14. The summed E-state index contributed by atoms with van der Waals surface area (Å²) in [7, 11) is 3.88. The fourth-order valence-corrected chi connectivity index (χ4v) is 1.62. The number of nitrogens with zero attached hydrogens (tertiary/aromatic N) is 3. The molecule has 0 unspecified atom stereocenters. The largest absolute Gasteiger partial charge is 0.460 e. The van der Waals surface area contributed by atoms with Crippen LogP contribution in [0.25, 0.3) is 0 Å². The zero-order valence-electron chi connectivity index (χ0n) is 11.9. The SMILES string of the molecule is CN(CCC(=O)OC(C)(C)C)Cc1cnn(C)c1. The van der Waals surface area contributed by atoms with E-state index >= 15 is 0 Å². The standard InChI is InChI=1S/C13H23N3O2/c1-13(2,3)18-12(17)6-7-15(4)9-11-8-14-16(5)10-11/h8,10H,6-7,9H2,1-5H3. The topological polar surface area (TPSA) is 47.4 Å². The lowest BCUT2D eigenvalue weighted by atomic mass is 10.2. The molecular weight excluding hydrogens is 230 g/mol. The van der Waals surface area contributed by atoms with Gasteiger partial charge in [-0.3, -0.25) is 9.48 Å². The molecule has 0 aliphatic rings. The maximum absolute atomic E-state index is 11.6. The van der Waals surface area contributed by atoms with Crippen molar-refractivity contribution in [2.45, 2.75) is 39.3 Å². The average molecular weight is 253 g/mol. The number of ether oxygens (including phenoxy) is 1. The molecule has 0 bridgehead atoms. The first-order valence-corrected chi connectivity index (χ1v) is 6.14. The Kier molecular flexibility index (Phi) is 4.90. The summed E-state index contributed by atoms with van der Waals surface area (Å²) in [4.78, 5) is 13.6. The fraction of sp³-hybridized carbons (Fsp3) is 0.692. The molecule has 5 heteroatoms. The van der Waals surface area contributed by atoms with Crippen LogP contribution in [0.5, 0.6) is 0 Å². The fourth-order valence-electron chi connectivity index (χ4n) is 1.62. The van der Waals surface area contributed by atoms with Crippen molar-refractivity contribution in [1.82, 2.24) is 14.7 Å². The summed E-state index contributed by atoms with van der Waals surface area (Å²) in [6.45, 7) is 7.11. The minimum atomic E-state index is -0.404. The zero-order valence-corrected chi connectivity index (χ0v) is 11.9. The summed E-state index contributed by atoms with van der Waals surface area (Å²) in [5, 5.41) is 4.11. The molecule has 0 saturated carbocycles. The number of rotatable bonds is 5. The molecule has 0 amide bonds. The van der Waals surface area contributed by atoms with E-state index in [-0.39, 0.29) is 5.97 Å². The van der Waals surface area contributed by atoms with E-state index in [1.807, 2.05) is 47.3 Å². The highest BCUT2D eigenvalue weighted by atomic mass is 16.6. The van der Waals surface area contributed by atoms with Crippen molar-refractivity contribution in [3.63, 3.8) is 0 Å². The highest BCUT2D eigenvalue weighted by Crippen LogP contribution is 2.09. The second-order valence-corrected chi connectivity index (χ2v) is 5.60. The molecule has 0 radical (unpaired) electrons. The molecule has 102 valence electrons. The van der Waals surface area contributed by atoms with Gasteiger partial charge in [-0.2, -0.15) is 5.10 Å². The number of aromatic nitrogens is 2. The quantitative estimate of drug-likeness (QED) is 0.748. The van der Waals surface area contributed by atoms with Crippen LogP contribution >= 0.6 is 0 Å². The van der Waals surface area contributed by atoms with Crippen molar-refractivity contribution in [2.75, 3.05) is 13.6 Å². The molecule has 0 aliphatic heterocycles. The normalized spacial score (nSPS) is 11.9. The number of carbonyl (C=O) groups excluding carboxylic acids is 1. The summed E-state index contributed by atoms with van der Waals surface area (Å²) in [6.07, 6.45) is 4.22. The Hall–Kier alpha value is -1.36. The molecule has 0 saturated heterocycles. The van der Waals surface area contributed by atoms with E-state index in [9.17, 15) is 4.79 Å². The molecule has 0 N–H and O–H groups in total.